The van der Waals surface area contributed by atoms with Gasteiger partial charge in [-0.05, 0) is 109 Å². The lowest BCUT2D eigenvalue weighted by molar-refractivity contribution is -0.150. The van der Waals surface area contributed by atoms with Gasteiger partial charge < -0.3 is 20.9 Å². The third kappa shape index (κ3) is 35.2. The molecule has 0 radical (unpaired) electrons. The second kappa shape index (κ2) is 39.0. The van der Waals surface area contributed by atoms with Crippen molar-refractivity contribution in [3.63, 3.8) is 0 Å². The van der Waals surface area contributed by atoms with E-state index in [1.54, 1.807) is 0 Å². The molecule has 0 aromatic rings. The number of hydrogen-bond donors (Lipinski definition) is 3. The average Bonchev–Trinajstić information content (AvgIpc) is 3.13. The number of allylic oxidation sites excluding steroid dienone is 12. The zero-order valence-corrected chi connectivity index (χ0v) is 33.1. The van der Waals surface area contributed by atoms with Crippen molar-refractivity contribution < 1.29 is 24.2 Å². The molecule has 2 atom stereocenters. The summed E-state index contributed by atoms with van der Waals surface area (Å²) in [6.07, 6.45) is 49.7. The molecular formula is C45H76N2O5. The molecule has 0 aliphatic carbocycles. The van der Waals surface area contributed by atoms with Gasteiger partial charge in [0.2, 0.25) is 5.91 Å². The zero-order chi connectivity index (χ0) is 38.2. The largest absolute Gasteiger partial charge is 0.480 e. The molecule has 0 saturated carbocycles. The van der Waals surface area contributed by atoms with Crippen molar-refractivity contribution in [2.45, 2.75) is 187 Å². The monoisotopic (exact) mass is 725 g/mol. The number of aliphatic carboxylic acids is 1. The van der Waals surface area contributed by atoms with Gasteiger partial charge in [-0.1, -0.05) is 132 Å². The number of esters is 1. The Balaban J connectivity index is 4.05. The van der Waals surface area contributed by atoms with E-state index < -0.39 is 12.0 Å². The fourth-order valence-electron chi connectivity index (χ4n) is 5.69. The van der Waals surface area contributed by atoms with Crippen LogP contribution in [0, 0.1) is 0 Å². The fraction of sp³-hybridized carbons (Fsp3) is 0.667. The molecule has 52 heavy (non-hydrogen) atoms. The summed E-state index contributed by atoms with van der Waals surface area (Å²) < 4.78 is 5.93. The van der Waals surface area contributed by atoms with Gasteiger partial charge in [0.1, 0.15) is 12.1 Å². The number of carbonyl (C=O) groups is 3. The molecule has 0 aromatic carbocycles. The first-order chi connectivity index (χ1) is 25.4. The summed E-state index contributed by atoms with van der Waals surface area (Å²) in [6.45, 7) is 4.76. The molecule has 4 N–H and O–H groups in total. The van der Waals surface area contributed by atoms with Crippen LogP contribution in [0.3, 0.4) is 0 Å². The van der Waals surface area contributed by atoms with E-state index in [4.69, 9.17) is 10.5 Å². The van der Waals surface area contributed by atoms with Crippen molar-refractivity contribution in [2.75, 3.05) is 6.54 Å². The minimum absolute atomic E-state index is 0.0281. The van der Waals surface area contributed by atoms with E-state index in [2.05, 4.69) is 92.1 Å². The predicted octanol–water partition coefficient (Wildman–Crippen LogP) is 11.6. The highest BCUT2D eigenvalue weighted by Gasteiger charge is 2.19. The molecule has 0 aromatic heterocycles. The number of rotatable bonds is 36. The van der Waals surface area contributed by atoms with E-state index in [1.807, 2.05) is 0 Å². The van der Waals surface area contributed by atoms with Crippen LogP contribution in [0.1, 0.15) is 174 Å². The first-order valence-corrected chi connectivity index (χ1v) is 20.8. The lowest BCUT2D eigenvalue weighted by atomic mass is 10.0. The minimum atomic E-state index is -1.02. The summed E-state index contributed by atoms with van der Waals surface area (Å²) in [5.74, 6) is -1.31. The maximum Gasteiger partial charge on any atom is 0.326 e. The zero-order valence-electron chi connectivity index (χ0n) is 33.1. The first kappa shape index (κ1) is 48.8. The highest BCUT2D eigenvalue weighted by molar-refractivity contribution is 5.83. The van der Waals surface area contributed by atoms with Gasteiger partial charge in [-0.3, -0.25) is 9.59 Å². The van der Waals surface area contributed by atoms with E-state index in [9.17, 15) is 19.5 Å². The van der Waals surface area contributed by atoms with E-state index in [0.717, 1.165) is 116 Å². The molecule has 7 nitrogen and oxygen atoms in total. The van der Waals surface area contributed by atoms with Crippen LogP contribution in [0.25, 0.3) is 0 Å². The molecular weight excluding hydrogens is 649 g/mol. The van der Waals surface area contributed by atoms with Gasteiger partial charge in [0.25, 0.3) is 0 Å². The van der Waals surface area contributed by atoms with Crippen molar-refractivity contribution in [2.24, 2.45) is 5.73 Å². The van der Waals surface area contributed by atoms with E-state index in [-0.39, 0.29) is 18.0 Å². The summed E-state index contributed by atoms with van der Waals surface area (Å²) in [5, 5.41) is 11.9. The van der Waals surface area contributed by atoms with Crippen LogP contribution in [0.15, 0.2) is 72.9 Å². The second-order valence-corrected chi connectivity index (χ2v) is 13.7. The van der Waals surface area contributed by atoms with Gasteiger partial charge in [-0.15, -0.1) is 0 Å². The molecule has 0 heterocycles. The lowest BCUT2D eigenvalue weighted by Gasteiger charge is -2.18. The summed E-state index contributed by atoms with van der Waals surface area (Å²) in [4.78, 5) is 36.1. The van der Waals surface area contributed by atoms with Gasteiger partial charge >= 0.3 is 11.9 Å². The second-order valence-electron chi connectivity index (χ2n) is 13.7. The molecule has 0 fully saturated rings. The molecule has 0 saturated heterocycles. The first-order valence-electron chi connectivity index (χ1n) is 20.8. The Bertz CT molecular complexity index is 1040. The van der Waals surface area contributed by atoms with E-state index in [0.29, 0.717) is 32.2 Å². The van der Waals surface area contributed by atoms with Crippen molar-refractivity contribution in [3.8, 4) is 0 Å². The van der Waals surface area contributed by atoms with E-state index in [1.165, 1.54) is 19.3 Å². The molecule has 0 bridgehead atoms. The van der Waals surface area contributed by atoms with Crippen molar-refractivity contribution >= 4 is 17.8 Å². The number of ether oxygens (including phenoxy) is 1. The predicted molar refractivity (Wildman–Crippen MR) is 220 cm³/mol. The summed E-state index contributed by atoms with van der Waals surface area (Å²) in [5.41, 5.74) is 5.47. The average molecular weight is 725 g/mol. The smallest absolute Gasteiger partial charge is 0.326 e. The van der Waals surface area contributed by atoms with Crippen LogP contribution < -0.4 is 11.1 Å². The van der Waals surface area contributed by atoms with Gasteiger partial charge in [0.15, 0.2) is 0 Å². The number of amides is 1. The standard InChI is InChI=1S/C45H76N2O5/c1-3-5-7-9-10-11-12-13-14-15-16-17-18-19-20-21-22-23-24-25-26-27-33-39-44(49)52-41(35-30-8-6-4-2)36-31-28-29-32-38-43(48)47-42(45(50)51)37-34-40-46/h5,7,10-11,13-14,16-17,19-20,22-23,41-42H,3-4,6,8-9,12,15,18,21,24-40,46H2,1-2H3,(H,47,48)(H,50,51)/b7-5-,11-10-,14-13-,17-16-,20-19-,23-22-. The van der Waals surface area contributed by atoms with Crippen LogP contribution in [0.2, 0.25) is 0 Å². The molecule has 0 spiro atoms. The molecule has 1 amide bonds. The number of unbranched alkanes of at least 4 members (excludes halogenated alkanes) is 10. The third-order valence-electron chi connectivity index (χ3n) is 8.79. The van der Waals surface area contributed by atoms with Gasteiger partial charge in [-0.25, -0.2) is 4.79 Å². The Morgan fingerprint density at radius 2 is 1.06 bits per heavy atom. The van der Waals surface area contributed by atoms with Gasteiger partial charge in [-0.2, -0.15) is 0 Å². The number of nitrogens with one attached hydrogen (secondary N) is 1. The molecule has 0 aliphatic heterocycles. The van der Waals surface area contributed by atoms with Gasteiger partial charge in [0.05, 0.1) is 0 Å². The summed E-state index contributed by atoms with van der Waals surface area (Å²) >= 11 is 0. The highest BCUT2D eigenvalue weighted by atomic mass is 16.5. The Hall–Kier alpha value is -3.19. The Kier molecular flexibility index (Phi) is 36.6. The summed E-state index contributed by atoms with van der Waals surface area (Å²) in [7, 11) is 0. The van der Waals surface area contributed by atoms with Crippen LogP contribution in [-0.2, 0) is 19.1 Å². The number of nitrogens with two attached hydrogens (primary N) is 1. The molecule has 296 valence electrons. The van der Waals surface area contributed by atoms with Gasteiger partial charge in [0, 0.05) is 12.8 Å². The number of carboxylic acids is 1. The van der Waals surface area contributed by atoms with Crippen LogP contribution in [0.4, 0.5) is 0 Å². The quantitative estimate of drug-likeness (QED) is 0.0336. The Morgan fingerprint density at radius 3 is 1.58 bits per heavy atom. The summed E-state index contributed by atoms with van der Waals surface area (Å²) in [6, 6.07) is -0.868. The Morgan fingerprint density at radius 1 is 0.577 bits per heavy atom. The number of hydrogen-bond acceptors (Lipinski definition) is 5. The maximum atomic E-state index is 12.6. The highest BCUT2D eigenvalue weighted by Crippen LogP contribution is 2.18. The van der Waals surface area contributed by atoms with Crippen LogP contribution in [-0.4, -0.2) is 41.6 Å². The fourth-order valence-corrected chi connectivity index (χ4v) is 5.69. The topological polar surface area (TPSA) is 119 Å². The van der Waals surface area contributed by atoms with Crippen molar-refractivity contribution in [1.82, 2.24) is 5.32 Å². The normalized spacial score (nSPS) is 13.4. The number of carboxylic acid groups (broad SMARTS) is 1. The molecule has 0 aliphatic rings. The molecule has 7 heteroatoms. The minimum Gasteiger partial charge on any atom is -0.480 e. The Labute approximate surface area is 318 Å². The SMILES string of the molecule is CC/C=C\C/C=C\C/C=C\C/C=C\C/C=C\C/C=C\CCCCCCC(=O)OC(CCCCCC)CCCCCCC(=O)NC(CCCN)C(=O)O. The van der Waals surface area contributed by atoms with Crippen molar-refractivity contribution in [3.05, 3.63) is 72.9 Å². The third-order valence-corrected chi connectivity index (χ3v) is 8.79. The number of carbonyl (C=O) groups excluding carboxylic acids is 2. The van der Waals surface area contributed by atoms with Crippen LogP contribution in [0.5, 0.6) is 0 Å². The van der Waals surface area contributed by atoms with Crippen molar-refractivity contribution in [1.29, 1.82) is 0 Å². The lowest BCUT2D eigenvalue weighted by Crippen LogP contribution is -2.40. The maximum absolute atomic E-state index is 12.6. The molecule has 0 rings (SSSR count). The van der Waals surface area contributed by atoms with E-state index >= 15 is 0 Å². The molecule has 2 unspecified atom stereocenters. The van der Waals surface area contributed by atoms with Crippen LogP contribution >= 0.6 is 0 Å².